The Morgan fingerprint density at radius 3 is 2.56 bits per heavy atom. The summed E-state index contributed by atoms with van der Waals surface area (Å²) < 4.78 is 26.8. The van der Waals surface area contributed by atoms with Gasteiger partial charge in [0.05, 0.1) is 19.0 Å². The lowest BCUT2D eigenvalue weighted by atomic mass is 10.1. The fourth-order valence-electron chi connectivity index (χ4n) is 1.30. The van der Waals surface area contributed by atoms with Gasteiger partial charge in [-0.2, -0.15) is 0 Å². The van der Waals surface area contributed by atoms with Gasteiger partial charge in [-0.25, -0.2) is 8.42 Å². The van der Waals surface area contributed by atoms with Crippen LogP contribution in [0, 0.1) is 0 Å². The molecule has 4 nitrogen and oxygen atoms in total. The molecule has 0 rings (SSSR count). The lowest BCUT2D eigenvalue weighted by Crippen LogP contribution is -2.29. The van der Waals surface area contributed by atoms with Gasteiger partial charge in [-0.05, 0) is 13.3 Å². The van der Waals surface area contributed by atoms with Crippen LogP contribution in [0.1, 0.15) is 33.1 Å². The van der Waals surface area contributed by atoms with E-state index in [9.17, 15) is 8.42 Å². The van der Waals surface area contributed by atoms with Crippen LogP contribution in [0.4, 0.5) is 0 Å². The molecule has 98 valence electrons. The summed E-state index contributed by atoms with van der Waals surface area (Å²) in [6, 6.07) is 0.512. The second kappa shape index (κ2) is 8.96. The Morgan fingerprint density at radius 2 is 2.00 bits per heavy atom. The van der Waals surface area contributed by atoms with Crippen molar-refractivity contribution < 1.29 is 13.2 Å². The zero-order chi connectivity index (χ0) is 12.4. The Morgan fingerprint density at radius 1 is 1.31 bits per heavy atom. The number of unbranched alkanes of at least 4 members (excludes halogenated alkanes) is 1. The SMILES string of the molecule is CCCCC(C)NCCOCCS(C)(=O)=O. The summed E-state index contributed by atoms with van der Waals surface area (Å²) in [6.07, 6.45) is 4.86. The summed E-state index contributed by atoms with van der Waals surface area (Å²) in [4.78, 5) is 0. The molecule has 1 N–H and O–H groups in total. The third-order valence-electron chi connectivity index (χ3n) is 2.33. The van der Waals surface area contributed by atoms with E-state index >= 15 is 0 Å². The number of hydrogen-bond donors (Lipinski definition) is 1. The highest BCUT2D eigenvalue weighted by Crippen LogP contribution is 1.98. The molecular formula is C11H25NO3S. The quantitative estimate of drug-likeness (QED) is 0.593. The molecule has 1 unspecified atom stereocenters. The Balaban J connectivity index is 3.27. The molecule has 0 bridgehead atoms. The largest absolute Gasteiger partial charge is 0.379 e. The van der Waals surface area contributed by atoms with Crippen molar-refractivity contribution in [2.75, 3.05) is 31.8 Å². The van der Waals surface area contributed by atoms with Gasteiger partial charge in [0, 0.05) is 18.8 Å². The third-order valence-corrected chi connectivity index (χ3v) is 3.24. The summed E-state index contributed by atoms with van der Waals surface area (Å²) in [7, 11) is -2.89. The number of ether oxygens (including phenoxy) is 1. The predicted molar refractivity (Wildman–Crippen MR) is 67.5 cm³/mol. The normalized spacial score (nSPS) is 13.9. The maximum Gasteiger partial charge on any atom is 0.149 e. The van der Waals surface area contributed by atoms with Gasteiger partial charge in [0.15, 0.2) is 0 Å². The van der Waals surface area contributed by atoms with Crippen LogP contribution < -0.4 is 5.32 Å². The zero-order valence-corrected chi connectivity index (χ0v) is 11.5. The van der Waals surface area contributed by atoms with E-state index in [2.05, 4.69) is 19.2 Å². The predicted octanol–water partition coefficient (Wildman–Crippen LogP) is 1.22. The molecule has 1 atom stereocenters. The fourth-order valence-corrected chi connectivity index (χ4v) is 1.72. The van der Waals surface area contributed by atoms with E-state index in [1.165, 1.54) is 25.5 Å². The summed E-state index contributed by atoms with van der Waals surface area (Å²) in [5.41, 5.74) is 0. The average molecular weight is 251 g/mol. The van der Waals surface area contributed by atoms with Gasteiger partial charge in [0.2, 0.25) is 0 Å². The Kier molecular flexibility index (Phi) is 8.89. The second-order valence-corrected chi connectivity index (χ2v) is 6.50. The van der Waals surface area contributed by atoms with Crippen molar-refractivity contribution in [3.63, 3.8) is 0 Å². The van der Waals surface area contributed by atoms with Gasteiger partial charge in [0.25, 0.3) is 0 Å². The Labute approximate surface area is 99.7 Å². The standard InChI is InChI=1S/C11H25NO3S/c1-4-5-6-11(2)12-7-8-15-9-10-16(3,13)14/h11-12H,4-10H2,1-3H3. The van der Waals surface area contributed by atoms with Crippen LogP contribution in [0.2, 0.25) is 0 Å². The molecule has 0 aromatic heterocycles. The van der Waals surface area contributed by atoms with E-state index in [1.807, 2.05) is 0 Å². The Hall–Kier alpha value is -0.130. The van der Waals surface area contributed by atoms with E-state index in [-0.39, 0.29) is 5.75 Å². The zero-order valence-electron chi connectivity index (χ0n) is 10.7. The van der Waals surface area contributed by atoms with Gasteiger partial charge in [-0.3, -0.25) is 0 Å². The van der Waals surface area contributed by atoms with E-state index in [4.69, 9.17) is 4.74 Å². The molecular weight excluding hydrogens is 226 g/mol. The van der Waals surface area contributed by atoms with Crippen LogP contribution in [0.25, 0.3) is 0 Å². The monoisotopic (exact) mass is 251 g/mol. The average Bonchev–Trinajstić information content (AvgIpc) is 2.18. The minimum atomic E-state index is -2.89. The number of nitrogens with one attached hydrogen (secondary N) is 1. The molecule has 0 heterocycles. The first-order valence-electron chi connectivity index (χ1n) is 5.94. The van der Waals surface area contributed by atoms with Crippen molar-refractivity contribution in [1.82, 2.24) is 5.32 Å². The van der Waals surface area contributed by atoms with Gasteiger partial charge in [0.1, 0.15) is 9.84 Å². The molecule has 0 amide bonds. The molecule has 0 aromatic carbocycles. The van der Waals surface area contributed by atoms with E-state index in [0.29, 0.717) is 19.3 Å². The molecule has 0 aliphatic carbocycles. The molecule has 0 spiro atoms. The van der Waals surface area contributed by atoms with Crippen LogP contribution in [-0.4, -0.2) is 46.2 Å². The van der Waals surface area contributed by atoms with Crippen LogP contribution in [0.3, 0.4) is 0 Å². The minimum absolute atomic E-state index is 0.110. The first-order valence-corrected chi connectivity index (χ1v) is 8.00. The highest BCUT2D eigenvalue weighted by Gasteiger charge is 2.02. The van der Waals surface area contributed by atoms with Crippen molar-refractivity contribution in [2.45, 2.75) is 39.2 Å². The Bertz CT molecular complexity index is 252. The summed E-state index contributed by atoms with van der Waals surface area (Å²) >= 11 is 0. The first kappa shape index (κ1) is 15.9. The molecule has 0 fully saturated rings. The van der Waals surface area contributed by atoms with Crippen LogP contribution in [-0.2, 0) is 14.6 Å². The molecule has 0 aliphatic rings. The molecule has 0 aliphatic heterocycles. The molecule has 0 aromatic rings. The van der Waals surface area contributed by atoms with Gasteiger partial charge < -0.3 is 10.1 Å². The fraction of sp³-hybridized carbons (Fsp3) is 1.00. The maximum absolute atomic E-state index is 10.8. The highest BCUT2D eigenvalue weighted by molar-refractivity contribution is 7.90. The van der Waals surface area contributed by atoms with Gasteiger partial charge >= 0.3 is 0 Å². The van der Waals surface area contributed by atoms with Crippen LogP contribution in [0.15, 0.2) is 0 Å². The highest BCUT2D eigenvalue weighted by atomic mass is 32.2. The van der Waals surface area contributed by atoms with Crippen LogP contribution >= 0.6 is 0 Å². The minimum Gasteiger partial charge on any atom is -0.379 e. The van der Waals surface area contributed by atoms with E-state index in [0.717, 1.165) is 6.54 Å². The van der Waals surface area contributed by atoms with Crippen molar-refractivity contribution in [1.29, 1.82) is 0 Å². The summed E-state index contributed by atoms with van der Waals surface area (Å²) in [5.74, 6) is 0.110. The summed E-state index contributed by atoms with van der Waals surface area (Å²) in [6.45, 7) is 6.00. The van der Waals surface area contributed by atoms with Crippen molar-refractivity contribution in [3.05, 3.63) is 0 Å². The number of sulfone groups is 1. The van der Waals surface area contributed by atoms with E-state index < -0.39 is 9.84 Å². The molecule has 5 heteroatoms. The van der Waals surface area contributed by atoms with E-state index in [1.54, 1.807) is 0 Å². The number of hydrogen-bond acceptors (Lipinski definition) is 4. The number of rotatable bonds is 10. The molecule has 0 saturated carbocycles. The van der Waals surface area contributed by atoms with Crippen LogP contribution in [0.5, 0.6) is 0 Å². The molecule has 16 heavy (non-hydrogen) atoms. The summed E-state index contributed by atoms with van der Waals surface area (Å²) in [5, 5.41) is 3.34. The van der Waals surface area contributed by atoms with Crippen molar-refractivity contribution in [2.24, 2.45) is 0 Å². The van der Waals surface area contributed by atoms with Crippen molar-refractivity contribution in [3.8, 4) is 0 Å². The first-order chi connectivity index (χ1) is 7.45. The van der Waals surface area contributed by atoms with Gasteiger partial charge in [-0.1, -0.05) is 19.8 Å². The van der Waals surface area contributed by atoms with Gasteiger partial charge in [-0.15, -0.1) is 0 Å². The third kappa shape index (κ3) is 11.9. The second-order valence-electron chi connectivity index (χ2n) is 4.24. The molecule has 0 radical (unpaired) electrons. The smallest absolute Gasteiger partial charge is 0.149 e. The lowest BCUT2D eigenvalue weighted by Gasteiger charge is -2.13. The molecule has 0 saturated heterocycles. The maximum atomic E-state index is 10.8. The lowest BCUT2D eigenvalue weighted by molar-refractivity contribution is 0.148. The van der Waals surface area contributed by atoms with Crippen molar-refractivity contribution >= 4 is 9.84 Å². The topological polar surface area (TPSA) is 55.4 Å².